The van der Waals surface area contributed by atoms with Gasteiger partial charge in [0.1, 0.15) is 5.76 Å². The van der Waals surface area contributed by atoms with E-state index in [0.29, 0.717) is 16.3 Å². The molecule has 5 nitrogen and oxygen atoms in total. The largest absolute Gasteiger partial charge is 0.503 e. The molecule has 2 aromatic heterocycles. The van der Waals surface area contributed by atoms with Gasteiger partial charge in [-0.15, -0.1) is 11.3 Å². The van der Waals surface area contributed by atoms with Crippen molar-refractivity contribution in [1.29, 1.82) is 0 Å². The molecule has 0 bridgehead atoms. The number of carbonyl (C=O) groups excluding carboxylic acids is 2. The Morgan fingerprint density at radius 3 is 2.57 bits per heavy atom. The molecule has 0 saturated carbocycles. The number of hydrogen-bond donors (Lipinski definition) is 1. The first-order chi connectivity index (χ1) is 13.5. The molecule has 1 atom stereocenters. The van der Waals surface area contributed by atoms with Crippen molar-refractivity contribution >= 4 is 34.6 Å². The Kier molecular flexibility index (Phi) is 4.83. The molecule has 0 spiro atoms. The van der Waals surface area contributed by atoms with Crippen molar-refractivity contribution in [2.75, 3.05) is 0 Å². The highest BCUT2D eigenvalue weighted by Gasteiger charge is 2.44. The van der Waals surface area contributed by atoms with E-state index in [4.69, 9.17) is 16.0 Å². The molecule has 1 aromatic carbocycles. The summed E-state index contributed by atoms with van der Waals surface area (Å²) in [7, 11) is 0. The van der Waals surface area contributed by atoms with Gasteiger partial charge in [0.15, 0.2) is 11.5 Å². The van der Waals surface area contributed by atoms with E-state index in [1.54, 1.807) is 43.3 Å². The molecule has 4 rings (SSSR count). The van der Waals surface area contributed by atoms with Gasteiger partial charge in [-0.2, -0.15) is 0 Å². The van der Waals surface area contributed by atoms with Crippen LogP contribution >= 0.6 is 22.9 Å². The van der Waals surface area contributed by atoms with Crippen molar-refractivity contribution in [3.05, 3.63) is 92.2 Å². The summed E-state index contributed by atoms with van der Waals surface area (Å²) in [5.74, 6) is -0.974. The van der Waals surface area contributed by atoms with Gasteiger partial charge in [-0.25, -0.2) is 0 Å². The summed E-state index contributed by atoms with van der Waals surface area (Å²) in [5, 5.41) is 13.0. The van der Waals surface area contributed by atoms with Crippen molar-refractivity contribution < 1.29 is 19.1 Å². The molecule has 1 unspecified atom stereocenters. The number of aliphatic hydroxyl groups is 1. The molecule has 142 valence electrons. The lowest BCUT2D eigenvalue weighted by Gasteiger charge is -2.26. The van der Waals surface area contributed by atoms with Crippen molar-refractivity contribution in [2.24, 2.45) is 0 Å². The monoisotopic (exact) mass is 413 g/mol. The Balaban J connectivity index is 1.80. The van der Waals surface area contributed by atoms with Crippen LogP contribution in [-0.2, 0) is 11.3 Å². The first-order valence-electron chi connectivity index (χ1n) is 8.59. The Hall–Kier alpha value is -2.83. The zero-order chi connectivity index (χ0) is 19.8. The zero-order valence-corrected chi connectivity index (χ0v) is 16.5. The second kappa shape index (κ2) is 7.30. The number of hydrogen-bond acceptors (Lipinski definition) is 5. The molecule has 0 saturated heterocycles. The molecule has 1 aliphatic rings. The summed E-state index contributed by atoms with van der Waals surface area (Å²) in [6, 6.07) is 13.2. The predicted octanol–water partition coefficient (Wildman–Crippen LogP) is 5.08. The maximum atomic E-state index is 13.1. The molecule has 0 radical (unpaired) electrons. The van der Waals surface area contributed by atoms with Crippen LogP contribution in [0.15, 0.2) is 69.7 Å². The van der Waals surface area contributed by atoms with E-state index in [-0.39, 0.29) is 17.9 Å². The van der Waals surface area contributed by atoms with Crippen LogP contribution in [0.2, 0.25) is 5.02 Å². The summed E-state index contributed by atoms with van der Waals surface area (Å²) >= 11 is 7.51. The minimum absolute atomic E-state index is 0.0122. The molecule has 3 heterocycles. The van der Waals surface area contributed by atoms with E-state index in [2.05, 4.69) is 0 Å². The first-order valence-corrected chi connectivity index (χ1v) is 9.84. The number of carbonyl (C=O) groups is 2. The number of furan rings is 1. The number of aliphatic hydroxyl groups excluding tert-OH is 1. The number of amides is 1. The third kappa shape index (κ3) is 3.25. The smallest absolute Gasteiger partial charge is 0.290 e. The Bertz CT molecular complexity index is 1070. The molecule has 3 aromatic rings. The Labute approximate surface area is 170 Å². The van der Waals surface area contributed by atoms with Crippen LogP contribution in [0.5, 0.6) is 0 Å². The predicted molar refractivity (Wildman–Crippen MR) is 106 cm³/mol. The van der Waals surface area contributed by atoms with Crippen LogP contribution in [0.25, 0.3) is 0 Å². The normalized spacial score (nSPS) is 16.9. The lowest BCUT2D eigenvalue weighted by atomic mass is 9.95. The molecular formula is C21H16ClNO4S. The van der Waals surface area contributed by atoms with E-state index in [1.165, 1.54) is 16.2 Å². The summed E-state index contributed by atoms with van der Waals surface area (Å²) in [5.41, 5.74) is 0.697. The van der Waals surface area contributed by atoms with E-state index in [0.717, 1.165) is 4.88 Å². The maximum absolute atomic E-state index is 13.1. The van der Waals surface area contributed by atoms with Gasteiger partial charge in [0.2, 0.25) is 5.78 Å². The second-order valence-electron chi connectivity index (χ2n) is 6.47. The van der Waals surface area contributed by atoms with Crippen LogP contribution in [-0.4, -0.2) is 21.7 Å². The third-order valence-corrected chi connectivity index (χ3v) is 5.72. The highest BCUT2D eigenvalue weighted by atomic mass is 35.5. The lowest BCUT2D eigenvalue weighted by Crippen LogP contribution is -2.30. The van der Waals surface area contributed by atoms with Gasteiger partial charge in [-0.3, -0.25) is 9.59 Å². The van der Waals surface area contributed by atoms with Gasteiger partial charge in [-0.05, 0) is 48.2 Å². The molecule has 7 heteroatoms. The highest BCUT2D eigenvalue weighted by molar-refractivity contribution is 7.09. The quantitative estimate of drug-likeness (QED) is 0.592. The van der Waals surface area contributed by atoms with E-state index in [9.17, 15) is 14.7 Å². The number of Topliss-reactive ketones (excluding diaryl/α,β-unsaturated/α-hetero) is 1. The van der Waals surface area contributed by atoms with Gasteiger partial charge < -0.3 is 14.4 Å². The van der Waals surface area contributed by atoms with Crippen LogP contribution in [0, 0.1) is 6.92 Å². The molecule has 0 aliphatic carbocycles. The summed E-state index contributed by atoms with van der Waals surface area (Å²) in [6.45, 7) is 2.01. The number of ketones is 1. The van der Waals surface area contributed by atoms with Gasteiger partial charge in [-0.1, -0.05) is 29.8 Å². The standard InChI is InChI=1S/C21H16ClNO4S/c1-12-4-9-16(27-12)19(24)17-18(13-5-7-14(22)8-6-13)23(21(26)20(17)25)11-15-3-2-10-28-15/h2-10,18,25H,11H2,1H3. The van der Waals surface area contributed by atoms with Gasteiger partial charge in [0.25, 0.3) is 5.91 Å². The summed E-state index contributed by atoms with van der Waals surface area (Å²) < 4.78 is 5.44. The van der Waals surface area contributed by atoms with Gasteiger partial charge in [0.05, 0.1) is 18.2 Å². The molecule has 1 N–H and O–H groups in total. The average molecular weight is 414 g/mol. The van der Waals surface area contributed by atoms with Crippen molar-refractivity contribution in [1.82, 2.24) is 4.90 Å². The van der Waals surface area contributed by atoms with E-state index >= 15 is 0 Å². The number of rotatable bonds is 5. The molecule has 1 amide bonds. The first kappa shape index (κ1) is 18.5. The minimum atomic E-state index is -0.732. The fourth-order valence-electron chi connectivity index (χ4n) is 3.30. The number of thiophene rings is 1. The van der Waals surface area contributed by atoms with E-state index < -0.39 is 23.5 Å². The second-order valence-corrected chi connectivity index (χ2v) is 7.94. The topological polar surface area (TPSA) is 70.8 Å². The van der Waals surface area contributed by atoms with Crippen LogP contribution in [0.1, 0.15) is 32.8 Å². The van der Waals surface area contributed by atoms with E-state index in [1.807, 2.05) is 17.5 Å². The highest BCUT2D eigenvalue weighted by Crippen LogP contribution is 2.40. The molecule has 0 fully saturated rings. The van der Waals surface area contributed by atoms with Gasteiger partial charge in [0, 0.05) is 9.90 Å². The van der Waals surface area contributed by atoms with Crippen molar-refractivity contribution in [3.63, 3.8) is 0 Å². The zero-order valence-electron chi connectivity index (χ0n) is 14.9. The molecule has 28 heavy (non-hydrogen) atoms. The summed E-state index contributed by atoms with van der Waals surface area (Å²) in [4.78, 5) is 28.4. The molecular weight excluding hydrogens is 398 g/mol. The Morgan fingerprint density at radius 2 is 1.96 bits per heavy atom. The number of halogens is 1. The SMILES string of the molecule is Cc1ccc(C(=O)C2=C(O)C(=O)N(Cc3cccs3)C2c2ccc(Cl)cc2)o1. The fraction of sp³-hybridized carbons (Fsp3) is 0.143. The third-order valence-electron chi connectivity index (χ3n) is 4.60. The van der Waals surface area contributed by atoms with Crippen LogP contribution < -0.4 is 0 Å². The number of nitrogens with zero attached hydrogens (tertiary/aromatic N) is 1. The number of benzene rings is 1. The fourth-order valence-corrected chi connectivity index (χ4v) is 4.13. The van der Waals surface area contributed by atoms with Crippen molar-refractivity contribution in [3.8, 4) is 0 Å². The van der Waals surface area contributed by atoms with Crippen LogP contribution in [0.4, 0.5) is 0 Å². The molecule has 1 aliphatic heterocycles. The van der Waals surface area contributed by atoms with Crippen molar-refractivity contribution in [2.45, 2.75) is 19.5 Å². The summed E-state index contributed by atoms with van der Waals surface area (Å²) in [6.07, 6.45) is 0. The van der Waals surface area contributed by atoms with Crippen LogP contribution in [0.3, 0.4) is 0 Å². The maximum Gasteiger partial charge on any atom is 0.290 e. The lowest BCUT2D eigenvalue weighted by molar-refractivity contribution is -0.130. The minimum Gasteiger partial charge on any atom is -0.503 e. The van der Waals surface area contributed by atoms with Gasteiger partial charge >= 0.3 is 0 Å². The average Bonchev–Trinajstić information content (AvgIpc) is 3.40. The Morgan fingerprint density at radius 1 is 1.21 bits per heavy atom. The number of aryl methyl sites for hydroxylation is 1.